The van der Waals surface area contributed by atoms with E-state index in [1.807, 2.05) is 12.1 Å². The van der Waals surface area contributed by atoms with Crippen molar-refractivity contribution in [3.63, 3.8) is 0 Å². The Bertz CT molecular complexity index is 896. The topological polar surface area (TPSA) is 29.5 Å². The van der Waals surface area contributed by atoms with E-state index in [1.54, 1.807) is 30.4 Å². The molecule has 2 aromatic carbocycles. The van der Waals surface area contributed by atoms with Crippen molar-refractivity contribution in [1.82, 2.24) is 4.90 Å². The normalized spacial score (nSPS) is 16.3. The molecule has 1 aliphatic heterocycles. The summed E-state index contributed by atoms with van der Waals surface area (Å²) in [6, 6.07) is 10.5. The summed E-state index contributed by atoms with van der Waals surface area (Å²) in [6.07, 6.45) is 3.14. The number of amides is 1. The Morgan fingerprint density at radius 3 is 2.76 bits per heavy atom. The largest absolute Gasteiger partial charge is 0.434 e. The minimum Gasteiger partial charge on any atom is -0.434 e. The quantitative estimate of drug-likeness (QED) is 0.424. The van der Waals surface area contributed by atoms with Crippen molar-refractivity contribution in [1.29, 1.82) is 0 Å². The zero-order chi connectivity index (χ0) is 18.0. The molecule has 0 N–H and O–H groups in total. The summed E-state index contributed by atoms with van der Waals surface area (Å²) < 4.78 is 30.6. The van der Waals surface area contributed by atoms with Gasteiger partial charge in [-0.1, -0.05) is 60.4 Å². The van der Waals surface area contributed by atoms with Gasteiger partial charge in [0.2, 0.25) is 0 Å². The third-order valence-electron chi connectivity index (χ3n) is 3.61. The standard InChI is InChI=1S/C18H13F2NO2S2/c1-2-9-21-16(22)15(25-18(21)24)10-13-12-6-4-3-5-11(12)7-8-14(13)23-17(19)20/h2-8,10,17H,1,9H2/b15-10-. The van der Waals surface area contributed by atoms with Gasteiger partial charge in [-0.15, -0.1) is 6.58 Å². The summed E-state index contributed by atoms with van der Waals surface area (Å²) in [4.78, 5) is 14.3. The van der Waals surface area contributed by atoms with Gasteiger partial charge in [-0.25, -0.2) is 0 Å². The smallest absolute Gasteiger partial charge is 0.387 e. The molecule has 0 radical (unpaired) electrons. The molecule has 7 heteroatoms. The van der Waals surface area contributed by atoms with Gasteiger partial charge in [-0.3, -0.25) is 9.69 Å². The second-order valence-electron chi connectivity index (χ2n) is 5.16. The maximum Gasteiger partial charge on any atom is 0.387 e. The van der Waals surface area contributed by atoms with Crippen molar-refractivity contribution in [2.75, 3.05) is 6.54 Å². The summed E-state index contributed by atoms with van der Waals surface area (Å²) in [5.74, 6) is -0.256. The Kier molecular flexibility index (Phi) is 5.15. The molecule has 0 unspecified atom stereocenters. The molecule has 3 nitrogen and oxygen atoms in total. The number of nitrogens with zero attached hydrogens (tertiary/aromatic N) is 1. The fourth-order valence-electron chi connectivity index (χ4n) is 2.54. The number of carbonyl (C=O) groups excluding carboxylic acids is 1. The van der Waals surface area contributed by atoms with Crippen LogP contribution in [0.3, 0.4) is 0 Å². The molecule has 1 amide bonds. The van der Waals surface area contributed by atoms with E-state index >= 15 is 0 Å². The zero-order valence-electron chi connectivity index (χ0n) is 12.9. The van der Waals surface area contributed by atoms with Crippen LogP contribution >= 0.6 is 24.0 Å². The van der Waals surface area contributed by atoms with Crippen LogP contribution in [0.15, 0.2) is 54.0 Å². The fraction of sp³-hybridized carbons (Fsp3) is 0.111. The summed E-state index contributed by atoms with van der Waals surface area (Å²) in [5, 5.41) is 1.58. The maximum atomic E-state index is 12.8. The molecule has 128 valence electrons. The van der Waals surface area contributed by atoms with Crippen LogP contribution in [0.4, 0.5) is 8.78 Å². The van der Waals surface area contributed by atoms with Crippen molar-refractivity contribution in [2.45, 2.75) is 6.61 Å². The van der Waals surface area contributed by atoms with E-state index < -0.39 is 6.61 Å². The maximum absolute atomic E-state index is 12.8. The van der Waals surface area contributed by atoms with Gasteiger partial charge < -0.3 is 4.74 Å². The van der Waals surface area contributed by atoms with Crippen LogP contribution in [0.5, 0.6) is 5.75 Å². The number of rotatable bonds is 5. The predicted octanol–water partition coefficient (Wildman–Crippen LogP) is 4.83. The van der Waals surface area contributed by atoms with Gasteiger partial charge in [0.15, 0.2) is 0 Å². The molecule has 0 aromatic heterocycles. The number of fused-ring (bicyclic) bond motifs is 1. The molecule has 1 saturated heterocycles. The third-order valence-corrected chi connectivity index (χ3v) is 4.99. The van der Waals surface area contributed by atoms with Crippen LogP contribution in [0.1, 0.15) is 5.56 Å². The molecule has 1 fully saturated rings. The average Bonchev–Trinajstić information content (AvgIpc) is 2.84. The summed E-state index contributed by atoms with van der Waals surface area (Å²) in [6.45, 7) is 0.953. The van der Waals surface area contributed by atoms with Gasteiger partial charge in [0.25, 0.3) is 5.91 Å². The Balaban J connectivity index is 2.12. The Labute approximate surface area is 152 Å². The van der Waals surface area contributed by atoms with E-state index in [0.29, 0.717) is 21.3 Å². The number of hydrogen-bond acceptors (Lipinski definition) is 4. The van der Waals surface area contributed by atoms with Crippen LogP contribution in [-0.4, -0.2) is 28.3 Å². The van der Waals surface area contributed by atoms with Gasteiger partial charge in [0.1, 0.15) is 10.1 Å². The summed E-state index contributed by atoms with van der Waals surface area (Å²) in [7, 11) is 0. The van der Waals surface area contributed by atoms with Crippen molar-refractivity contribution < 1.29 is 18.3 Å². The fourth-order valence-corrected chi connectivity index (χ4v) is 3.80. The van der Waals surface area contributed by atoms with Gasteiger partial charge in [-0.05, 0) is 22.9 Å². The first-order chi connectivity index (χ1) is 12.0. The number of thioether (sulfide) groups is 1. The molecule has 3 rings (SSSR count). The first-order valence-electron chi connectivity index (χ1n) is 7.34. The molecule has 1 heterocycles. The molecule has 25 heavy (non-hydrogen) atoms. The molecule has 0 spiro atoms. The predicted molar refractivity (Wildman–Crippen MR) is 101 cm³/mol. The monoisotopic (exact) mass is 377 g/mol. The Morgan fingerprint density at radius 1 is 1.28 bits per heavy atom. The van der Waals surface area contributed by atoms with Crippen molar-refractivity contribution >= 4 is 51.1 Å². The summed E-state index contributed by atoms with van der Waals surface area (Å²) >= 11 is 6.33. The van der Waals surface area contributed by atoms with Crippen molar-refractivity contribution in [3.8, 4) is 5.75 Å². The molecular weight excluding hydrogens is 364 g/mol. The molecule has 0 bridgehead atoms. The Hall–Kier alpha value is -2.25. The Morgan fingerprint density at radius 2 is 2.04 bits per heavy atom. The lowest BCUT2D eigenvalue weighted by atomic mass is 10.0. The van der Waals surface area contributed by atoms with E-state index in [2.05, 4.69) is 11.3 Å². The lowest BCUT2D eigenvalue weighted by Gasteiger charge is -2.12. The van der Waals surface area contributed by atoms with E-state index in [4.69, 9.17) is 12.2 Å². The molecule has 0 saturated carbocycles. The number of ether oxygens (including phenoxy) is 1. The van der Waals surface area contributed by atoms with Crippen LogP contribution < -0.4 is 4.74 Å². The highest BCUT2D eigenvalue weighted by molar-refractivity contribution is 8.26. The van der Waals surface area contributed by atoms with E-state index in [-0.39, 0.29) is 11.7 Å². The highest BCUT2D eigenvalue weighted by Crippen LogP contribution is 2.37. The zero-order valence-corrected chi connectivity index (χ0v) is 14.6. The van der Waals surface area contributed by atoms with Crippen LogP contribution in [0.2, 0.25) is 0 Å². The van der Waals surface area contributed by atoms with Crippen LogP contribution in [0, 0.1) is 0 Å². The molecule has 2 aromatic rings. The minimum absolute atomic E-state index is 0.0164. The van der Waals surface area contributed by atoms with Gasteiger partial charge in [0.05, 0.1) is 4.91 Å². The van der Waals surface area contributed by atoms with Crippen LogP contribution in [0.25, 0.3) is 16.8 Å². The van der Waals surface area contributed by atoms with E-state index in [9.17, 15) is 13.6 Å². The first-order valence-corrected chi connectivity index (χ1v) is 8.56. The van der Waals surface area contributed by atoms with Crippen molar-refractivity contribution in [3.05, 3.63) is 59.5 Å². The number of thiocarbonyl (C=S) groups is 1. The lowest BCUT2D eigenvalue weighted by Crippen LogP contribution is -2.27. The highest BCUT2D eigenvalue weighted by atomic mass is 32.2. The van der Waals surface area contributed by atoms with Crippen LogP contribution in [-0.2, 0) is 4.79 Å². The molecule has 1 aliphatic rings. The number of carbonyl (C=O) groups is 1. The summed E-state index contributed by atoms with van der Waals surface area (Å²) in [5.41, 5.74) is 0.428. The highest BCUT2D eigenvalue weighted by Gasteiger charge is 2.31. The second-order valence-corrected chi connectivity index (χ2v) is 6.83. The van der Waals surface area contributed by atoms with Gasteiger partial charge >= 0.3 is 6.61 Å². The van der Waals surface area contributed by atoms with E-state index in [1.165, 1.54) is 11.0 Å². The van der Waals surface area contributed by atoms with Crippen molar-refractivity contribution in [2.24, 2.45) is 0 Å². The average molecular weight is 377 g/mol. The van der Waals surface area contributed by atoms with E-state index in [0.717, 1.165) is 22.5 Å². The molecule has 0 aliphatic carbocycles. The molecular formula is C18H13F2NO2S2. The number of halogens is 2. The number of alkyl halides is 2. The SMILES string of the molecule is C=CCN1C(=O)/C(=C/c2c(OC(F)F)ccc3ccccc23)SC1=S. The second kappa shape index (κ2) is 7.33. The number of benzene rings is 2. The first kappa shape index (κ1) is 17.6. The number of hydrogen-bond donors (Lipinski definition) is 0. The van der Waals surface area contributed by atoms with Gasteiger partial charge in [0, 0.05) is 12.1 Å². The minimum atomic E-state index is -2.96. The lowest BCUT2D eigenvalue weighted by molar-refractivity contribution is -0.121. The third kappa shape index (κ3) is 3.57. The molecule has 0 atom stereocenters. The van der Waals surface area contributed by atoms with Gasteiger partial charge in [-0.2, -0.15) is 8.78 Å².